The maximum atomic E-state index is 13.4. The van der Waals surface area contributed by atoms with Gasteiger partial charge in [0.15, 0.2) is 0 Å². The zero-order valence-corrected chi connectivity index (χ0v) is 9.22. The molecule has 1 N–H and O–H groups in total. The molecule has 0 saturated carbocycles. The van der Waals surface area contributed by atoms with Crippen molar-refractivity contribution in [2.24, 2.45) is 0 Å². The molecule has 0 aliphatic rings. The molecule has 0 atom stereocenters. The summed E-state index contributed by atoms with van der Waals surface area (Å²) in [5, 5.41) is 11.0. The average molecular weight is 267 g/mol. The summed E-state index contributed by atoms with van der Waals surface area (Å²) in [6, 6.07) is 7.52. The van der Waals surface area contributed by atoms with Crippen molar-refractivity contribution in [1.29, 1.82) is 5.26 Å². The van der Waals surface area contributed by atoms with Gasteiger partial charge in [0.2, 0.25) is 11.6 Å². The van der Waals surface area contributed by atoms with Crippen LogP contribution in [0.1, 0.15) is 5.56 Å². The van der Waals surface area contributed by atoms with Gasteiger partial charge in [-0.25, -0.2) is 0 Å². The van der Waals surface area contributed by atoms with Crippen LogP contribution in [0.15, 0.2) is 24.3 Å². The number of benzene rings is 1. The van der Waals surface area contributed by atoms with Crippen LogP contribution < -0.4 is 5.32 Å². The van der Waals surface area contributed by atoms with Crippen LogP contribution in [-0.2, 0) is 0 Å². The van der Waals surface area contributed by atoms with Crippen molar-refractivity contribution in [1.82, 2.24) is 4.98 Å². The Morgan fingerprint density at radius 1 is 1.00 bits per heavy atom. The first-order chi connectivity index (χ1) is 9.04. The van der Waals surface area contributed by atoms with E-state index in [1.165, 1.54) is 24.3 Å². The highest BCUT2D eigenvalue weighted by Crippen LogP contribution is 2.27. The van der Waals surface area contributed by atoms with Crippen LogP contribution in [0.25, 0.3) is 0 Å². The lowest BCUT2D eigenvalue weighted by molar-refractivity contribution is 0.411. The largest absolute Gasteiger partial charge is 0.349 e. The molecule has 0 unspecified atom stereocenters. The van der Waals surface area contributed by atoms with E-state index in [1.54, 1.807) is 6.07 Å². The van der Waals surface area contributed by atoms with Gasteiger partial charge in [-0.15, -0.1) is 0 Å². The van der Waals surface area contributed by atoms with Gasteiger partial charge in [0.25, 0.3) is 11.9 Å². The van der Waals surface area contributed by atoms with Crippen molar-refractivity contribution in [2.45, 2.75) is 0 Å². The van der Waals surface area contributed by atoms with Crippen molar-refractivity contribution in [3.63, 3.8) is 0 Å². The first-order valence-corrected chi connectivity index (χ1v) is 5.00. The number of halogens is 4. The van der Waals surface area contributed by atoms with E-state index in [2.05, 4.69) is 10.3 Å². The predicted molar refractivity (Wildman–Crippen MR) is 58.5 cm³/mol. The van der Waals surface area contributed by atoms with Crippen molar-refractivity contribution in [3.05, 3.63) is 53.4 Å². The highest BCUT2D eigenvalue weighted by molar-refractivity contribution is 5.66. The minimum atomic E-state index is -1.77. The molecular weight excluding hydrogens is 262 g/mol. The Morgan fingerprint density at radius 2 is 1.58 bits per heavy atom. The number of para-hydroxylation sites is 1. The van der Waals surface area contributed by atoms with Crippen molar-refractivity contribution in [3.8, 4) is 6.07 Å². The fourth-order valence-corrected chi connectivity index (χ4v) is 1.42. The molecule has 2 rings (SSSR count). The summed E-state index contributed by atoms with van der Waals surface area (Å²) in [5.74, 6) is -6.86. The SMILES string of the molecule is N#Cc1ccccc1Nc1c(F)c(F)nc(F)c1F. The van der Waals surface area contributed by atoms with Crippen LogP contribution >= 0.6 is 0 Å². The van der Waals surface area contributed by atoms with Gasteiger partial charge in [-0.2, -0.15) is 27.8 Å². The number of nitrogens with zero attached hydrogens (tertiary/aromatic N) is 2. The number of rotatable bonds is 2. The Morgan fingerprint density at radius 3 is 2.16 bits per heavy atom. The fourth-order valence-electron chi connectivity index (χ4n) is 1.42. The van der Waals surface area contributed by atoms with E-state index < -0.39 is 29.2 Å². The number of hydrogen-bond donors (Lipinski definition) is 1. The summed E-state index contributed by atoms with van der Waals surface area (Å²) < 4.78 is 52.6. The lowest BCUT2D eigenvalue weighted by Gasteiger charge is -2.10. The summed E-state index contributed by atoms with van der Waals surface area (Å²) in [6.45, 7) is 0. The second-order valence-corrected chi connectivity index (χ2v) is 3.48. The van der Waals surface area contributed by atoms with Crippen LogP contribution in [0, 0.1) is 34.9 Å². The molecule has 2 aromatic rings. The zero-order valence-electron chi connectivity index (χ0n) is 9.22. The third-order valence-electron chi connectivity index (χ3n) is 2.30. The van der Waals surface area contributed by atoms with Gasteiger partial charge in [0, 0.05) is 0 Å². The molecule has 3 nitrogen and oxygen atoms in total. The molecule has 0 aliphatic carbocycles. The Balaban J connectivity index is 2.53. The lowest BCUT2D eigenvalue weighted by atomic mass is 10.2. The molecule has 0 amide bonds. The number of nitrogens with one attached hydrogen (secondary N) is 1. The van der Waals surface area contributed by atoms with Crippen LogP contribution in [-0.4, -0.2) is 4.98 Å². The molecule has 0 fully saturated rings. The third kappa shape index (κ3) is 2.33. The molecule has 19 heavy (non-hydrogen) atoms. The smallest absolute Gasteiger partial charge is 0.253 e. The van der Waals surface area contributed by atoms with Gasteiger partial charge in [-0.05, 0) is 12.1 Å². The minimum Gasteiger partial charge on any atom is -0.349 e. The molecular formula is C12H5F4N3. The summed E-state index contributed by atoms with van der Waals surface area (Å²) in [4.78, 5) is 2.43. The van der Waals surface area contributed by atoms with E-state index in [1.807, 2.05) is 0 Å². The summed E-state index contributed by atoms with van der Waals surface area (Å²) in [6.07, 6.45) is 0. The monoisotopic (exact) mass is 267 g/mol. The molecule has 0 radical (unpaired) electrons. The Kier molecular flexibility index (Phi) is 3.33. The molecule has 96 valence electrons. The Labute approximate surface area is 105 Å². The van der Waals surface area contributed by atoms with Gasteiger partial charge < -0.3 is 5.32 Å². The molecule has 0 aliphatic heterocycles. The lowest BCUT2D eigenvalue weighted by Crippen LogP contribution is -2.06. The van der Waals surface area contributed by atoms with Crippen LogP contribution in [0.3, 0.4) is 0 Å². The van der Waals surface area contributed by atoms with Gasteiger partial charge >= 0.3 is 0 Å². The molecule has 1 aromatic heterocycles. The molecule has 1 aromatic carbocycles. The highest BCUT2D eigenvalue weighted by atomic mass is 19.2. The van der Waals surface area contributed by atoms with Crippen LogP contribution in [0.5, 0.6) is 0 Å². The summed E-state index contributed by atoms with van der Waals surface area (Å²) in [7, 11) is 0. The van der Waals surface area contributed by atoms with E-state index in [9.17, 15) is 17.6 Å². The molecule has 1 heterocycles. The number of hydrogen-bond acceptors (Lipinski definition) is 3. The third-order valence-corrected chi connectivity index (χ3v) is 2.30. The van der Waals surface area contributed by atoms with E-state index in [-0.39, 0.29) is 11.3 Å². The van der Waals surface area contributed by atoms with Crippen molar-refractivity contribution >= 4 is 11.4 Å². The fraction of sp³-hybridized carbons (Fsp3) is 0. The Hall–Kier alpha value is -2.62. The first kappa shape index (κ1) is 12.8. The summed E-state index contributed by atoms with van der Waals surface area (Å²) >= 11 is 0. The van der Waals surface area contributed by atoms with Crippen LogP contribution in [0.4, 0.5) is 28.9 Å². The molecule has 0 saturated heterocycles. The predicted octanol–water partition coefficient (Wildman–Crippen LogP) is 3.25. The number of pyridine rings is 1. The second kappa shape index (κ2) is 4.94. The van der Waals surface area contributed by atoms with Crippen molar-refractivity contribution in [2.75, 3.05) is 5.32 Å². The van der Waals surface area contributed by atoms with E-state index in [0.29, 0.717) is 0 Å². The second-order valence-electron chi connectivity index (χ2n) is 3.48. The van der Waals surface area contributed by atoms with Crippen molar-refractivity contribution < 1.29 is 17.6 Å². The van der Waals surface area contributed by atoms with Gasteiger partial charge in [0.1, 0.15) is 11.8 Å². The van der Waals surface area contributed by atoms with E-state index in [0.717, 1.165) is 0 Å². The summed E-state index contributed by atoms with van der Waals surface area (Å²) in [5.41, 5.74) is -0.945. The first-order valence-electron chi connectivity index (χ1n) is 5.00. The number of anilines is 2. The van der Waals surface area contributed by atoms with Gasteiger partial charge in [-0.3, -0.25) is 0 Å². The molecule has 0 spiro atoms. The standard InChI is InChI=1S/C12H5F4N3/c13-8-10(9(14)12(16)19-11(8)15)18-7-4-2-1-3-6(7)5-17/h1-4H,(H,18,19). The maximum absolute atomic E-state index is 13.4. The van der Waals surface area contributed by atoms with Crippen LogP contribution in [0.2, 0.25) is 0 Å². The highest BCUT2D eigenvalue weighted by Gasteiger charge is 2.21. The topological polar surface area (TPSA) is 48.7 Å². The van der Waals surface area contributed by atoms with E-state index >= 15 is 0 Å². The van der Waals surface area contributed by atoms with Gasteiger partial charge in [0.05, 0.1) is 11.3 Å². The normalized spacial score (nSPS) is 10.1. The quantitative estimate of drug-likeness (QED) is 0.671. The minimum absolute atomic E-state index is 0.0211. The number of nitriles is 1. The zero-order chi connectivity index (χ0) is 14.0. The molecule has 0 bridgehead atoms. The molecule has 7 heteroatoms. The van der Waals surface area contributed by atoms with E-state index in [4.69, 9.17) is 5.26 Å². The Bertz CT molecular complexity index is 653. The maximum Gasteiger partial charge on any atom is 0.253 e. The number of aromatic nitrogens is 1. The van der Waals surface area contributed by atoms with Gasteiger partial charge in [-0.1, -0.05) is 12.1 Å². The average Bonchev–Trinajstić information content (AvgIpc) is 2.42.